The molecule has 0 bridgehead atoms. The maximum atomic E-state index is 4.59. The maximum absolute atomic E-state index is 4.59. The Balaban J connectivity index is 1.86. The summed E-state index contributed by atoms with van der Waals surface area (Å²) in [5.74, 6) is 0.833. The molecule has 0 aliphatic carbocycles. The van der Waals surface area contributed by atoms with Crippen LogP contribution in [0.3, 0.4) is 0 Å². The van der Waals surface area contributed by atoms with E-state index < -0.39 is 0 Å². The van der Waals surface area contributed by atoms with Crippen LogP contribution in [0.5, 0.6) is 0 Å². The average Bonchev–Trinajstić information content (AvgIpc) is 2.60. The topological polar surface area (TPSA) is 49.3 Å². The number of hydrogen-bond donors (Lipinski definition) is 2. The van der Waals surface area contributed by atoms with E-state index >= 15 is 0 Å². The smallest absolute Gasteiger partial charge is 0.191 e. The van der Waals surface area contributed by atoms with Crippen molar-refractivity contribution in [1.82, 2.24) is 15.6 Å². The van der Waals surface area contributed by atoms with Crippen molar-refractivity contribution < 1.29 is 0 Å². The Morgan fingerprint density at radius 3 is 2.40 bits per heavy atom. The van der Waals surface area contributed by atoms with E-state index in [1.165, 1.54) is 11.1 Å². The molecule has 4 nitrogen and oxygen atoms in total. The number of hydrogen-bond acceptors (Lipinski definition) is 2. The standard InChI is InChI=1S/C21H30N4/c1-5-22-20(25-16-19-8-6-7-14-23-19)24-15-13-17-9-11-18(12-10-17)21(2,3)4/h6-12,14H,5,13,15-16H2,1-4H3,(H2,22,24,25). The lowest BCUT2D eigenvalue weighted by atomic mass is 9.86. The number of pyridine rings is 1. The fraction of sp³-hybridized carbons (Fsp3) is 0.429. The van der Waals surface area contributed by atoms with Gasteiger partial charge in [0.1, 0.15) is 0 Å². The number of nitrogens with zero attached hydrogens (tertiary/aromatic N) is 2. The summed E-state index contributed by atoms with van der Waals surface area (Å²) >= 11 is 0. The molecule has 4 heteroatoms. The highest BCUT2D eigenvalue weighted by atomic mass is 15.2. The van der Waals surface area contributed by atoms with Gasteiger partial charge in [-0.25, -0.2) is 4.99 Å². The van der Waals surface area contributed by atoms with Crippen LogP contribution in [0, 0.1) is 0 Å². The molecule has 2 aromatic rings. The molecule has 0 aliphatic heterocycles. The van der Waals surface area contributed by atoms with Gasteiger partial charge in [-0.15, -0.1) is 0 Å². The van der Waals surface area contributed by atoms with E-state index in [9.17, 15) is 0 Å². The summed E-state index contributed by atoms with van der Waals surface area (Å²) in [6.45, 7) is 11.1. The molecular formula is C21H30N4. The largest absolute Gasteiger partial charge is 0.357 e. The van der Waals surface area contributed by atoms with E-state index in [0.717, 1.165) is 31.2 Å². The van der Waals surface area contributed by atoms with Crippen molar-refractivity contribution in [2.45, 2.75) is 46.1 Å². The summed E-state index contributed by atoms with van der Waals surface area (Å²) in [6, 6.07) is 14.8. The minimum Gasteiger partial charge on any atom is -0.357 e. The zero-order chi connectivity index (χ0) is 18.1. The first-order valence-electron chi connectivity index (χ1n) is 9.00. The Bertz CT molecular complexity index is 655. The molecule has 0 atom stereocenters. The van der Waals surface area contributed by atoms with Gasteiger partial charge < -0.3 is 10.6 Å². The van der Waals surface area contributed by atoms with Crippen LogP contribution in [0.15, 0.2) is 53.7 Å². The number of aliphatic imine (C=N–C) groups is 1. The second kappa shape index (κ2) is 9.21. The van der Waals surface area contributed by atoms with Gasteiger partial charge in [-0.1, -0.05) is 51.1 Å². The van der Waals surface area contributed by atoms with Gasteiger partial charge in [0.05, 0.1) is 12.2 Å². The highest BCUT2D eigenvalue weighted by molar-refractivity contribution is 5.79. The van der Waals surface area contributed by atoms with Gasteiger partial charge >= 0.3 is 0 Å². The van der Waals surface area contributed by atoms with Crippen molar-refractivity contribution in [2.24, 2.45) is 4.99 Å². The van der Waals surface area contributed by atoms with Crippen LogP contribution in [0.25, 0.3) is 0 Å². The van der Waals surface area contributed by atoms with E-state index in [4.69, 9.17) is 0 Å². The van der Waals surface area contributed by atoms with E-state index in [1.807, 2.05) is 18.2 Å². The van der Waals surface area contributed by atoms with Crippen LogP contribution < -0.4 is 10.6 Å². The molecule has 0 saturated carbocycles. The predicted molar refractivity (Wildman–Crippen MR) is 106 cm³/mol. The van der Waals surface area contributed by atoms with E-state index in [-0.39, 0.29) is 5.41 Å². The van der Waals surface area contributed by atoms with Gasteiger partial charge in [0, 0.05) is 19.3 Å². The van der Waals surface area contributed by atoms with Crippen molar-refractivity contribution in [2.75, 3.05) is 13.1 Å². The summed E-state index contributed by atoms with van der Waals surface area (Å²) in [7, 11) is 0. The summed E-state index contributed by atoms with van der Waals surface area (Å²) in [4.78, 5) is 8.90. The molecular weight excluding hydrogens is 308 g/mol. The minimum atomic E-state index is 0.202. The first-order valence-corrected chi connectivity index (χ1v) is 9.00. The van der Waals surface area contributed by atoms with Crippen molar-refractivity contribution in [3.8, 4) is 0 Å². The molecule has 1 aromatic carbocycles. The lowest BCUT2D eigenvalue weighted by Crippen LogP contribution is -2.38. The summed E-state index contributed by atoms with van der Waals surface area (Å²) < 4.78 is 0. The maximum Gasteiger partial charge on any atom is 0.191 e. The third kappa shape index (κ3) is 6.57. The number of benzene rings is 1. The van der Waals surface area contributed by atoms with Gasteiger partial charge in [0.25, 0.3) is 0 Å². The molecule has 0 fully saturated rings. The molecule has 134 valence electrons. The Kier molecular flexibility index (Phi) is 6.99. The normalized spacial score (nSPS) is 12.1. The second-order valence-corrected chi connectivity index (χ2v) is 7.14. The van der Waals surface area contributed by atoms with Gasteiger partial charge in [-0.05, 0) is 42.0 Å². The van der Waals surface area contributed by atoms with Crippen molar-refractivity contribution in [1.29, 1.82) is 0 Å². The number of rotatable bonds is 6. The molecule has 2 N–H and O–H groups in total. The molecule has 0 amide bonds. The highest BCUT2D eigenvalue weighted by Gasteiger charge is 2.12. The molecule has 0 aliphatic rings. The first kappa shape index (κ1) is 19.0. The van der Waals surface area contributed by atoms with Gasteiger partial charge in [-0.2, -0.15) is 0 Å². The minimum absolute atomic E-state index is 0.202. The third-order valence-corrected chi connectivity index (χ3v) is 4.00. The SMILES string of the molecule is CCNC(=NCc1ccccn1)NCCc1ccc(C(C)(C)C)cc1. The van der Waals surface area contributed by atoms with Crippen molar-refractivity contribution in [3.63, 3.8) is 0 Å². The second-order valence-electron chi connectivity index (χ2n) is 7.14. The zero-order valence-electron chi connectivity index (χ0n) is 15.8. The fourth-order valence-corrected chi connectivity index (χ4v) is 2.49. The first-order chi connectivity index (χ1) is 12.0. The van der Waals surface area contributed by atoms with Crippen LogP contribution in [0.4, 0.5) is 0 Å². The van der Waals surface area contributed by atoms with E-state index in [0.29, 0.717) is 6.54 Å². The van der Waals surface area contributed by atoms with E-state index in [2.05, 4.69) is 72.6 Å². The number of nitrogens with one attached hydrogen (secondary N) is 2. The Hall–Kier alpha value is -2.36. The zero-order valence-corrected chi connectivity index (χ0v) is 15.8. The monoisotopic (exact) mass is 338 g/mol. The van der Waals surface area contributed by atoms with Gasteiger partial charge in [-0.3, -0.25) is 4.98 Å². The van der Waals surface area contributed by atoms with Crippen LogP contribution in [0.2, 0.25) is 0 Å². The molecule has 0 spiro atoms. The third-order valence-electron chi connectivity index (χ3n) is 4.00. The predicted octanol–water partition coefficient (Wildman–Crippen LogP) is 3.68. The highest BCUT2D eigenvalue weighted by Crippen LogP contribution is 2.22. The number of aromatic nitrogens is 1. The summed E-state index contributed by atoms with van der Waals surface area (Å²) in [5, 5.41) is 6.67. The number of guanidine groups is 1. The van der Waals surface area contributed by atoms with Gasteiger partial charge in [0.15, 0.2) is 5.96 Å². The molecule has 0 saturated heterocycles. The summed E-state index contributed by atoms with van der Waals surface area (Å²) in [6.07, 6.45) is 2.77. The van der Waals surface area contributed by atoms with Crippen LogP contribution in [-0.4, -0.2) is 24.0 Å². The quantitative estimate of drug-likeness (QED) is 0.624. The lowest BCUT2D eigenvalue weighted by Gasteiger charge is -2.19. The van der Waals surface area contributed by atoms with Gasteiger partial charge in [0.2, 0.25) is 0 Å². The fourth-order valence-electron chi connectivity index (χ4n) is 2.49. The van der Waals surface area contributed by atoms with Crippen molar-refractivity contribution in [3.05, 3.63) is 65.5 Å². The average molecular weight is 338 g/mol. The molecule has 1 heterocycles. The molecule has 25 heavy (non-hydrogen) atoms. The van der Waals surface area contributed by atoms with E-state index in [1.54, 1.807) is 6.20 Å². The van der Waals surface area contributed by atoms with Crippen LogP contribution in [0.1, 0.15) is 44.5 Å². The Morgan fingerprint density at radius 2 is 1.80 bits per heavy atom. The van der Waals surface area contributed by atoms with Crippen LogP contribution in [-0.2, 0) is 18.4 Å². The molecule has 0 radical (unpaired) electrons. The summed E-state index contributed by atoms with van der Waals surface area (Å²) in [5.41, 5.74) is 3.88. The Labute approximate surface area is 151 Å². The molecule has 1 aromatic heterocycles. The molecule has 0 unspecified atom stereocenters. The lowest BCUT2D eigenvalue weighted by molar-refractivity contribution is 0.590. The van der Waals surface area contributed by atoms with Crippen molar-refractivity contribution >= 4 is 5.96 Å². The van der Waals surface area contributed by atoms with Crippen LogP contribution >= 0.6 is 0 Å². The Morgan fingerprint density at radius 1 is 1.04 bits per heavy atom. The molecule has 2 rings (SSSR count).